The van der Waals surface area contributed by atoms with Crippen LogP contribution >= 0.6 is 0 Å². The summed E-state index contributed by atoms with van der Waals surface area (Å²) in [5.74, 6) is 0.468. The van der Waals surface area contributed by atoms with Gasteiger partial charge in [-0.2, -0.15) is 4.98 Å². The van der Waals surface area contributed by atoms with Crippen LogP contribution in [-0.2, 0) is 0 Å². The summed E-state index contributed by atoms with van der Waals surface area (Å²) >= 11 is 0. The Hall–Kier alpha value is -2.96. The number of halogens is 1. The van der Waals surface area contributed by atoms with Gasteiger partial charge in [0.2, 0.25) is 11.8 Å². The summed E-state index contributed by atoms with van der Waals surface area (Å²) in [6.07, 6.45) is 1.54. The molecule has 0 fully saturated rings. The van der Waals surface area contributed by atoms with Crippen molar-refractivity contribution in [3.63, 3.8) is 0 Å². The summed E-state index contributed by atoms with van der Waals surface area (Å²) in [5.41, 5.74) is 7.35. The molecule has 106 valence electrons. The van der Waals surface area contributed by atoms with Crippen LogP contribution in [0.15, 0.2) is 41.1 Å². The van der Waals surface area contributed by atoms with Gasteiger partial charge in [0.15, 0.2) is 5.82 Å². The lowest BCUT2D eigenvalue weighted by Gasteiger charge is -2.03. The van der Waals surface area contributed by atoms with Crippen molar-refractivity contribution in [1.29, 1.82) is 0 Å². The highest BCUT2D eigenvalue weighted by Crippen LogP contribution is 2.34. The molecule has 21 heavy (non-hydrogen) atoms. The fraction of sp³-hybridized carbons (Fsp3) is 0.0714. The molecule has 0 aliphatic carbocycles. The molecule has 2 aromatic heterocycles. The molecule has 2 N–H and O–H groups in total. The van der Waals surface area contributed by atoms with Crippen LogP contribution in [0.1, 0.15) is 0 Å². The van der Waals surface area contributed by atoms with E-state index in [9.17, 15) is 4.39 Å². The highest BCUT2D eigenvalue weighted by Gasteiger charge is 2.20. The number of nitrogens with zero attached hydrogens (tertiary/aromatic N) is 3. The van der Waals surface area contributed by atoms with E-state index in [0.29, 0.717) is 28.5 Å². The first-order chi connectivity index (χ1) is 10.2. The van der Waals surface area contributed by atoms with E-state index in [0.717, 1.165) is 0 Å². The van der Waals surface area contributed by atoms with Gasteiger partial charge >= 0.3 is 0 Å². The van der Waals surface area contributed by atoms with Crippen molar-refractivity contribution in [3.8, 4) is 28.5 Å². The summed E-state index contributed by atoms with van der Waals surface area (Å²) in [7, 11) is 1.50. The number of rotatable bonds is 3. The lowest BCUT2D eigenvalue weighted by Crippen LogP contribution is -1.96. The normalized spacial score (nSPS) is 10.6. The maximum absolute atomic E-state index is 13.0. The van der Waals surface area contributed by atoms with E-state index < -0.39 is 0 Å². The quantitative estimate of drug-likeness (QED) is 0.796. The molecule has 0 radical (unpaired) electrons. The zero-order chi connectivity index (χ0) is 14.8. The first-order valence-electron chi connectivity index (χ1n) is 6.07. The predicted octanol–water partition coefficient (Wildman–Crippen LogP) is 2.53. The Labute approximate surface area is 119 Å². The number of nitrogen functional groups attached to an aromatic ring is 1. The van der Waals surface area contributed by atoms with Crippen LogP contribution in [0.5, 0.6) is 5.88 Å². The average Bonchev–Trinajstić information content (AvgIpc) is 2.90. The van der Waals surface area contributed by atoms with Gasteiger partial charge in [-0.3, -0.25) is 0 Å². The Balaban J connectivity index is 2.14. The van der Waals surface area contributed by atoms with Crippen LogP contribution in [0.3, 0.4) is 0 Å². The minimum atomic E-state index is -0.339. The second-order valence-corrected chi connectivity index (χ2v) is 4.20. The molecule has 0 saturated carbocycles. The molecule has 0 unspecified atom stereocenters. The van der Waals surface area contributed by atoms with Crippen molar-refractivity contribution in [1.82, 2.24) is 15.1 Å². The van der Waals surface area contributed by atoms with Gasteiger partial charge in [-0.15, -0.1) is 0 Å². The molecule has 0 saturated heterocycles. The van der Waals surface area contributed by atoms with Crippen molar-refractivity contribution in [3.05, 3.63) is 42.3 Å². The van der Waals surface area contributed by atoms with E-state index in [-0.39, 0.29) is 11.7 Å². The van der Waals surface area contributed by atoms with Crippen molar-refractivity contribution in [2.24, 2.45) is 0 Å². The first kappa shape index (κ1) is 13.0. The lowest BCUT2D eigenvalue weighted by molar-refractivity contribution is 0.397. The summed E-state index contributed by atoms with van der Waals surface area (Å²) in [6, 6.07) is 7.43. The SMILES string of the molecule is COc1ccnc(-c2c(-c3ccc(F)cc3)noc2N)n1. The van der Waals surface area contributed by atoms with Crippen molar-refractivity contribution >= 4 is 5.88 Å². The van der Waals surface area contributed by atoms with Gasteiger partial charge in [-0.05, 0) is 24.3 Å². The third-order valence-electron chi connectivity index (χ3n) is 2.90. The second-order valence-electron chi connectivity index (χ2n) is 4.20. The number of anilines is 1. The van der Waals surface area contributed by atoms with E-state index in [4.69, 9.17) is 15.0 Å². The number of benzene rings is 1. The molecule has 0 aliphatic rings. The second kappa shape index (κ2) is 5.20. The minimum absolute atomic E-state index is 0.0857. The van der Waals surface area contributed by atoms with E-state index in [1.807, 2.05) is 0 Å². The van der Waals surface area contributed by atoms with Crippen LogP contribution in [-0.4, -0.2) is 22.2 Å². The molecule has 0 bridgehead atoms. The zero-order valence-electron chi connectivity index (χ0n) is 11.1. The molecule has 3 rings (SSSR count). The fourth-order valence-electron chi connectivity index (χ4n) is 1.90. The molecule has 7 heteroatoms. The number of hydrogen-bond acceptors (Lipinski definition) is 6. The van der Waals surface area contributed by atoms with Crippen molar-refractivity contribution < 1.29 is 13.7 Å². The van der Waals surface area contributed by atoms with Crippen molar-refractivity contribution in [2.45, 2.75) is 0 Å². The topological polar surface area (TPSA) is 87.1 Å². The molecular formula is C14H11FN4O2. The number of nitrogens with two attached hydrogens (primary N) is 1. The Morgan fingerprint density at radius 1 is 1.19 bits per heavy atom. The summed E-state index contributed by atoms with van der Waals surface area (Å²) < 4.78 is 23.1. The standard InChI is InChI=1S/C14H11FN4O2/c1-20-10-6-7-17-14(18-10)11-12(19-21-13(11)16)8-2-4-9(15)5-3-8/h2-7H,16H2,1H3. The third-order valence-corrected chi connectivity index (χ3v) is 2.90. The smallest absolute Gasteiger partial charge is 0.233 e. The van der Waals surface area contributed by atoms with E-state index in [2.05, 4.69) is 15.1 Å². The fourth-order valence-corrected chi connectivity index (χ4v) is 1.90. The molecule has 3 aromatic rings. The summed E-state index contributed by atoms with van der Waals surface area (Å²) in [5, 5.41) is 3.90. The predicted molar refractivity (Wildman–Crippen MR) is 73.9 cm³/mol. The molecule has 0 amide bonds. The molecular weight excluding hydrogens is 275 g/mol. The Kier molecular flexibility index (Phi) is 3.23. The number of ether oxygens (including phenoxy) is 1. The van der Waals surface area contributed by atoms with Crippen LogP contribution in [0.25, 0.3) is 22.6 Å². The molecule has 0 spiro atoms. The van der Waals surface area contributed by atoms with Crippen LogP contribution in [0.2, 0.25) is 0 Å². The van der Waals surface area contributed by atoms with Gasteiger partial charge < -0.3 is 15.0 Å². The highest BCUT2D eigenvalue weighted by molar-refractivity contribution is 5.83. The van der Waals surface area contributed by atoms with Gasteiger partial charge in [0.1, 0.15) is 17.1 Å². The third kappa shape index (κ3) is 2.40. The zero-order valence-corrected chi connectivity index (χ0v) is 11.1. The average molecular weight is 286 g/mol. The largest absolute Gasteiger partial charge is 0.481 e. The maximum Gasteiger partial charge on any atom is 0.233 e. The van der Waals surface area contributed by atoms with Crippen LogP contribution < -0.4 is 10.5 Å². The minimum Gasteiger partial charge on any atom is -0.481 e. The monoisotopic (exact) mass is 286 g/mol. The van der Waals surface area contributed by atoms with Crippen LogP contribution in [0.4, 0.5) is 10.3 Å². The molecule has 6 nitrogen and oxygen atoms in total. The number of methoxy groups -OCH3 is 1. The Bertz CT molecular complexity index is 771. The van der Waals surface area contributed by atoms with E-state index in [1.165, 1.54) is 19.2 Å². The molecule has 0 aliphatic heterocycles. The lowest BCUT2D eigenvalue weighted by atomic mass is 10.1. The first-order valence-corrected chi connectivity index (χ1v) is 6.07. The highest BCUT2D eigenvalue weighted by atomic mass is 19.1. The van der Waals surface area contributed by atoms with E-state index in [1.54, 1.807) is 24.4 Å². The molecule has 1 aromatic carbocycles. The van der Waals surface area contributed by atoms with E-state index >= 15 is 0 Å². The van der Waals surface area contributed by atoms with Gasteiger partial charge in [0, 0.05) is 17.8 Å². The van der Waals surface area contributed by atoms with Gasteiger partial charge in [0.05, 0.1) is 7.11 Å². The van der Waals surface area contributed by atoms with Gasteiger partial charge in [-0.1, -0.05) is 5.16 Å². The number of aromatic nitrogens is 3. The maximum atomic E-state index is 13.0. The van der Waals surface area contributed by atoms with Gasteiger partial charge in [-0.25, -0.2) is 9.37 Å². The molecule has 2 heterocycles. The Morgan fingerprint density at radius 3 is 2.67 bits per heavy atom. The summed E-state index contributed by atoms with van der Waals surface area (Å²) in [4.78, 5) is 8.36. The Morgan fingerprint density at radius 2 is 1.95 bits per heavy atom. The van der Waals surface area contributed by atoms with Gasteiger partial charge in [0.25, 0.3) is 0 Å². The molecule has 0 atom stereocenters. The van der Waals surface area contributed by atoms with Crippen LogP contribution in [0, 0.1) is 5.82 Å². The van der Waals surface area contributed by atoms with Crippen molar-refractivity contribution in [2.75, 3.05) is 12.8 Å². The number of hydrogen-bond donors (Lipinski definition) is 1. The summed E-state index contributed by atoms with van der Waals surface area (Å²) in [6.45, 7) is 0.